The summed E-state index contributed by atoms with van der Waals surface area (Å²) < 4.78 is 72.2. The van der Waals surface area contributed by atoms with E-state index in [1.165, 1.54) is 30.6 Å². The van der Waals surface area contributed by atoms with Gasteiger partial charge in [-0.2, -0.15) is 18.2 Å². The molecule has 2 aromatic heterocycles. The number of hydrogen-bond donors (Lipinski definition) is 1. The minimum absolute atomic E-state index is 0.00641. The minimum atomic E-state index is -4.43. The molecule has 2 aromatic carbocycles. The van der Waals surface area contributed by atoms with Crippen molar-refractivity contribution in [1.82, 2.24) is 20.1 Å². The lowest BCUT2D eigenvalue weighted by molar-refractivity contribution is -0.136. The number of piperidine rings is 1. The molecule has 1 N–H and O–H groups in total. The number of rotatable bonds is 6. The zero-order chi connectivity index (χ0) is 27.0. The molecule has 0 unspecified atom stereocenters. The number of benzene rings is 2. The van der Waals surface area contributed by atoms with Crippen LogP contribution in [0.2, 0.25) is 0 Å². The number of hydrogen-bond acceptors (Lipinski definition) is 7. The molecule has 1 saturated heterocycles. The molecule has 13 heteroatoms. The first kappa shape index (κ1) is 25.5. The van der Waals surface area contributed by atoms with Gasteiger partial charge in [0, 0.05) is 30.0 Å². The Bertz CT molecular complexity index is 1500. The number of carboxylic acids is 1. The van der Waals surface area contributed by atoms with Crippen LogP contribution in [0.5, 0.6) is 0 Å². The van der Waals surface area contributed by atoms with Gasteiger partial charge < -0.3 is 14.5 Å². The summed E-state index contributed by atoms with van der Waals surface area (Å²) in [6.07, 6.45) is -3.86. The van der Waals surface area contributed by atoms with E-state index < -0.39 is 42.4 Å². The predicted octanol–water partition coefficient (Wildman–Crippen LogP) is 5.07. The van der Waals surface area contributed by atoms with Crippen molar-refractivity contribution in [3.63, 3.8) is 0 Å². The second-order valence-electron chi connectivity index (χ2n) is 9.03. The fraction of sp³-hybridized carbons (Fsp3) is 0.320. The third-order valence-electron chi connectivity index (χ3n) is 6.37. The topological polar surface area (TPSA) is 105 Å². The zero-order valence-corrected chi connectivity index (χ0v) is 19.7. The maximum atomic E-state index is 14.7. The first-order valence-electron chi connectivity index (χ1n) is 11.7. The van der Waals surface area contributed by atoms with E-state index >= 15 is 0 Å². The van der Waals surface area contributed by atoms with Crippen LogP contribution in [0.25, 0.3) is 22.0 Å². The van der Waals surface area contributed by atoms with Crippen LogP contribution in [0.15, 0.2) is 41.2 Å². The molecule has 0 amide bonds. The van der Waals surface area contributed by atoms with Crippen LogP contribution in [-0.2, 0) is 17.6 Å². The van der Waals surface area contributed by atoms with E-state index in [2.05, 4.69) is 20.1 Å². The molecule has 198 valence electrons. The van der Waals surface area contributed by atoms with Crippen LogP contribution in [0, 0.1) is 11.6 Å². The highest BCUT2D eigenvalue weighted by atomic mass is 19.4. The lowest BCUT2D eigenvalue weighted by Crippen LogP contribution is -2.33. The van der Waals surface area contributed by atoms with Gasteiger partial charge in [0.2, 0.25) is 5.89 Å². The van der Waals surface area contributed by atoms with E-state index in [4.69, 9.17) is 9.63 Å². The number of aliphatic carboxylic acids is 1. The summed E-state index contributed by atoms with van der Waals surface area (Å²) in [6.45, 7) is 0.885. The summed E-state index contributed by atoms with van der Waals surface area (Å²) in [7, 11) is 0. The minimum Gasteiger partial charge on any atom is -0.481 e. The second kappa shape index (κ2) is 9.95. The van der Waals surface area contributed by atoms with Gasteiger partial charge in [0.25, 0.3) is 0 Å². The van der Waals surface area contributed by atoms with E-state index in [1.54, 1.807) is 0 Å². The Morgan fingerprint density at radius 2 is 1.87 bits per heavy atom. The summed E-state index contributed by atoms with van der Waals surface area (Å²) in [5.41, 5.74) is 1.04. The quantitative estimate of drug-likeness (QED) is 0.343. The number of fused-ring (bicyclic) bond motifs is 1. The Hall–Kier alpha value is -4.16. The summed E-state index contributed by atoms with van der Waals surface area (Å²) >= 11 is 0. The Morgan fingerprint density at radius 1 is 1.11 bits per heavy atom. The van der Waals surface area contributed by atoms with Gasteiger partial charge in [-0.1, -0.05) is 17.3 Å². The Kier molecular flexibility index (Phi) is 6.67. The van der Waals surface area contributed by atoms with E-state index in [0.717, 1.165) is 6.07 Å². The summed E-state index contributed by atoms with van der Waals surface area (Å²) in [5, 5.41) is 12.8. The van der Waals surface area contributed by atoms with Crippen LogP contribution in [0.4, 0.5) is 27.8 Å². The number of anilines is 1. The first-order chi connectivity index (χ1) is 18.1. The van der Waals surface area contributed by atoms with Crippen molar-refractivity contribution in [1.29, 1.82) is 0 Å². The molecule has 0 radical (unpaired) electrons. The van der Waals surface area contributed by atoms with Crippen molar-refractivity contribution in [2.45, 2.75) is 37.8 Å². The fourth-order valence-electron chi connectivity index (χ4n) is 4.64. The van der Waals surface area contributed by atoms with E-state index in [-0.39, 0.29) is 17.4 Å². The molecule has 1 aliphatic rings. The third kappa shape index (κ3) is 5.41. The lowest BCUT2D eigenvalue weighted by atomic mass is 9.96. The summed E-state index contributed by atoms with van der Waals surface area (Å²) in [6, 6.07) is 6.53. The standard InChI is InChI=1S/C25H20F5N5O3/c26-16-9-17(14-1-2-15(8-21(36)37)19(27)7-14)22-18(10-16)23(32-12-31-22)35-5-3-13(4-6-35)24-33-20(34-38-24)11-25(28,29)30/h1-2,7,9-10,12-13H,3-6,8,11H2,(H,36,37). The van der Waals surface area contributed by atoms with Gasteiger partial charge in [-0.15, -0.1) is 0 Å². The van der Waals surface area contributed by atoms with Crippen molar-refractivity contribution in [2.75, 3.05) is 18.0 Å². The molecule has 4 aromatic rings. The third-order valence-corrected chi connectivity index (χ3v) is 6.37. The van der Waals surface area contributed by atoms with Gasteiger partial charge in [-0.05, 0) is 42.2 Å². The van der Waals surface area contributed by atoms with Crippen molar-refractivity contribution >= 4 is 22.7 Å². The smallest absolute Gasteiger partial charge is 0.396 e. The Morgan fingerprint density at radius 3 is 2.55 bits per heavy atom. The molecule has 0 atom stereocenters. The molecule has 1 aliphatic heterocycles. The first-order valence-corrected chi connectivity index (χ1v) is 11.7. The number of alkyl halides is 3. The molecule has 1 fully saturated rings. The molecule has 0 saturated carbocycles. The van der Waals surface area contributed by atoms with Crippen molar-refractivity contribution in [3.05, 3.63) is 65.6 Å². The van der Waals surface area contributed by atoms with E-state index in [0.29, 0.717) is 53.8 Å². The van der Waals surface area contributed by atoms with Crippen molar-refractivity contribution in [3.8, 4) is 11.1 Å². The van der Waals surface area contributed by atoms with E-state index in [9.17, 15) is 26.7 Å². The monoisotopic (exact) mass is 533 g/mol. The normalized spacial score (nSPS) is 14.8. The molecule has 8 nitrogen and oxygen atoms in total. The highest BCUT2D eigenvalue weighted by Crippen LogP contribution is 2.36. The molecule has 0 spiro atoms. The molecule has 3 heterocycles. The maximum Gasteiger partial charge on any atom is 0.396 e. The van der Waals surface area contributed by atoms with Crippen molar-refractivity contribution in [2.24, 2.45) is 0 Å². The zero-order valence-electron chi connectivity index (χ0n) is 19.7. The SMILES string of the molecule is O=C(O)Cc1ccc(-c2cc(F)cc3c(N4CCC(c5nc(CC(F)(F)F)no5)CC4)ncnc23)cc1F. The van der Waals surface area contributed by atoms with Gasteiger partial charge in [0.1, 0.15) is 30.2 Å². The van der Waals surface area contributed by atoms with Gasteiger partial charge in [0.05, 0.1) is 11.9 Å². The number of carbonyl (C=O) groups is 1. The van der Waals surface area contributed by atoms with Gasteiger partial charge in [-0.25, -0.2) is 18.7 Å². The maximum absolute atomic E-state index is 14.7. The number of carboxylic acid groups (broad SMARTS) is 1. The van der Waals surface area contributed by atoms with Crippen molar-refractivity contribution < 1.29 is 36.4 Å². The Labute approximate surface area is 212 Å². The second-order valence-corrected chi connectivity index (χ2v) is 9.03. The molecular formula is C25H20F5N5O3. The number of nitrogens with zero attached hydrogens (tertiary/aromatic N) is 5. The highest BCUT2D eigenvalue weighted by molar-refractivity contribution is 5.99. The van der Waals surface area contributed by atoms with Gasteiger partial charge in [0.15, 0.2) is 5.82 Å². The summed E-state index contributed by atoms with van der Waals surface area (Å²) in [4.78, 5) is 25.4. The van der Waals surface area contributed by atoms with Gasteiger partial charge >= 0.3 is 12.1 Å². The molecule has 0 aliphatic carbocycles. The number of halogens is 5. The average molecular weight is 533 g/mol. The Balaban J connectivity index is 1.40. The van der Waals surface area contributed by atoms with E-state index in [1.807, 2.05) is 4.90 Å². The average Bonchev–Trinajstić information content (AvgIpc) is 3.31. The predicted molar refractivity (Wildman–Crippen MR) is 124 cm³/mol. The van der Waals surface area contributed by atoms with Crippen LogP contribution in [0.1, 0.15) is 36.0 Å². The summed E-state index contributed by atoms with van der Waals surface area (Å²) in [5.74, 6) is -2.51. The van der Waals surface area contributed by atoms with Crippen LogP contribution in [0.3, 0.4) is 0 Å². The van der Waals surface area contributed by atoms with Crippen LogP contribution in [-0.4, -0.2) is 50.5 Å². The highest BCUT2D eigenvalue weighted by Gasteiger charge is 2.32. The van der Waals surface area contributed by atoms with Crippen LogP contribution >= 0.6 is 0 Å². The molecule has 5 rings (SSSR count). The largest absolute Gasteiger partial charge is 0.481 e. The lowest BCUT2D eigenvalue weighted by Gasteiger charge is -2.32. The van der Waals surface area contributed by atoms with Gasteiger partial charge in [-0.3, -0.25) is 4.79 Å². The molecular weight excluding hydrogens is 513 g/mol. The van der Waals surface area contributed by atoms with Crippen LogP contribution < -0.4 is 4.90 Å². The fourth-order valence-corrected chi connectivity index (χ4v) is 4.64. The molecule has 0 bridgehead atoms. The molecule has 38 heavy (non-hydrogen) atoms. The number of aromatic nitrogens is 4.